The molecular formula is C19H16INO3S2. The van der Waals surface area contributed by atoms with Gasteiger partial charge in [0.05, 0.1) is 15.1 Å². The molecule has 0 aromatic heterocycles. The van der Waals surface area contributed by atoms with Crippen molar-refractivity contribution in [3.63, 3.8) is 0 Å². The van der Waals surface area contributed by atoms with Gasteiger partial charge in [0, 0.05) is 0 Å². The summed E-state index contributed by atoms with van der Waals surface area (Å²) in [5.41, 5.74) is 1.96. The van der Waals surface area contributed by atoms with E-state index in [0.717, 1.165) is 14.7 Å². The van der Waals surface area contributed by atoms with Gasteiger partial charge in [-0.3, -0.25) is 4.79 Å². The normalized spacial score (nSPS) is 15.2. The standard InChI is InChI=1S/C19H16INO3S2/c1-2-23-15-9-13(10-16-18(22)21-19(25)26-16)8-14(20)17(15)24-11-12-6-4-3-5-7-12/h3-10H,2,11H2,1H3,(H,21,22,25)/b16-10+. The lowest BCUT2D eigenvalue weighted by Gasteiger charge is -2.15. The third kappa shape index (κ3) is 4.77. The van der Waals surface area contributed by atoms with Gasteiger partial charge in [0.25, 0.3) is 5.91 Å². The number of thiocarbonyl (C=S) groups is 1. The lowest BCUT2D eigenvalue weighted by molar-refractivity contribution is -0.115. The molecular weight excluding hydrogens is 481 g/mol. The Kier molecular flexibility index (Phi) is 6.55. The van der Waals surface area contributed by atoms with E-state index in [4.69, 9.17) is 21.7 Å². The van der Waals surface area contributed by atoms with Crippen molar-refractivity contribution < 1.29 is 14.3 Å². The maximum absolute atomic E-state index is 11.9. The molecule has 1 aliphatic heterocycles. The van der Waals surface area contributed by atoms with Gasteiger partial charge < -0.3 is 14.8 Å². The molecule has 3 rings (SSSR count). The predicted molar refractivity (Wildman–Crippen MR) is 117 cm³/mol. The van der Waals surface area contributed by atoms with E-state index in [0.29, 0.717) is 33.9 Å². The van der Waals surface area contributed by atoms with E-state index in [1.807, 2.05) is 55.5 Å². The van der Waals surface area contributed by atoms with Crippen molar-refractivity contribution in [2.45, 2.75) is 13.5 Å². The van der Waals surface area contributed by atoms with Crippen LogP contribution in [-0.2, 0) is 11.4 Å². The van der Waals surface area contributed by atoms with Crippen LogP contribution in [0.5, 0.6) is 11.5 Å². The Hall–Kier alpha value is -1.58. The molecule has 2 aromatic rings. The molecule has 1 fully saturated rings. The molecule has 0 unspecified atom stereocenters. The first-order valence-corrected chi connectivity index (χ1v) is 10.2. The van der Waals surface area contributed by atoms with Gasteiger partial charge >= 0.3 is 0 Å². The van der Waals surface area contributed by atoms with Crippen LogP contribution < -0.4 is 14.8 Å². The molecule has 7 heteroatoms. The summed E-state index contributed by atoms with van der Waals surface area (Å²) in [7, 11) is 0. The second-order valence-corrected chi connectivity index (χ2v) is 8.27. The minimum atomic E-state index is -0.169. The van der Waals surface area contributed by atoms with Crippen molar-refractivity contribution in [1.82, 2.24) is 5.32 Å². The zero-order valence-electron chi connectivity index (χ0n) is 14.0. The summed E-state index contributed by atoms with van der Waals surface area (Å²) in [6, 6.07) is 13.8. The molecule has 4 nitrogen and oxygen atoms in total. The number of benzene rings is 2. The molecule has 0 atom stereocenters. The summed E-state index contributed by atoms with van der Waals surface area (Å²) in [6.45, 7) is 2.92. The number of rotatable bonds is 6. The first-order valence-electron chi connectivity index (χ1n) is 7.94. The fourth-order valence-electron chi connectivity index (χ4n) is 2.38. The Bertz CT molecular complexity index is 869. The number of hydrogen-bond donors (Lipinski definition) is 1. The fourth-order valence-corrected chi connectivity index (χ4v) is 4.20. The quantitative estimate of drug-likeness (QED) is 0.355. The Balaban J connectivity index is 1.87. The second kappa shape index (κ2) is 8.88. The van der Waals surface area contributed by atoms with E-state index < -0.39 is 0 Å². The largest absolute Gasteiger partial charge is 0.490 e. The SMILES string of the molecule is CCOc1cc(/C=C2/SC(=S)NC2=O)cc(I)c1OCc1ccccc1. The summed E-state index contributed by atoms with van der Waals surface area (Å²) in [5.74, 6) is 1.20. The highest BCUT2D eigenvalue weighted by molar-refractivity contribution is 14.1. The van der Waals surface area contributed by atoms with Gasteiger partial charge in [-0.05, 0) is 58.9 Å². The lowest BCUT2D eigenvalue weighted by Crippen LogP contribution is -2.17. The smallest absolute Gasteiger partial charge is 0.263 e. The summed E-state index contributed by atoms with van der Waals surface area (Å²) in [5, 5.41) is 2.62. The van der Waals surface area contributed by atoms with Crippen LogP contribution in [0.3, 0.4) is 0 Å². The first-order chi connectivity index (χ1) is 12.6. The summed E-state index contributed by atoms with van der Waals surface area (Å²) >= 11 is 8.51. The van der Waals surface area contributed by atoms with Crippen molar-refractivity contribution >= 4 is 62.9 Å². The number of halogens is 1. The molecule has 1 aliphatic rings. The van der Waals surface area contributed by atoms with Crippen LogP contribution in [0.4, 0.5) is 0 Å². The monoisotopic (exact) mass is 497 g/mol. The highest BCUT2D eigenvalue weighted by Crippen LogP contribution is 2.36. The first kappa shape index (κ1) is 19.2. The van der Waals surface area contributed by atoms with Crippen LogP contribution in [0.1, 0.15) is 18.1 Å². The number of carbonyl (C=O) groups excluding carboxylic acids is 1. The Morgan fingerprint density at radius 2 is 2.00 bits per heavy atom. The van der Waals surface area contributed by atoms with Gasteiger partial charge in [0.1, 0.15) is 10.9 Å². The third-order valence-corrected chi connectivity index (χ3v) is 5.46. The molecule has 26 heavy (non-hydrogen) atoms. The molecule has 1 saturated heterocycles. The predicted octanol–water partition coefficient (Wildman–Crippen LogP) is 4.76. The number of ether oxygens (including phenoxy) is 2. The zero-order valence-corrected chi connectivity index (χ0v) is 17.7. The van der Waals surface area contributed by atoms with Crippen molar-refractivity contribution in [2.75, 3.05) is 6.61 Å². The van der Waals surface area contributed by atoms with Crippen molar-refractivity contribution in [3.8, 4) is 11.5 Å². The molecule has 1 heterocycles. The van der Waals surface area contributed by atoms with Crippen LogP contribution in [0.2, 0.25) is 0 Å². The van der Waals surface area contributed by atoms with Gasteiger partial charge in [0.15, 0.2) is 11.5 Å². The second-order valence-electron chi connectivity index (χ2n) is 5.39. The fraction of sp³-hybridized carbons (Fsp3) is 0.158. The average Bonchev–Trinajstić information content (AvgIpc) is 2.92. The van der Waals surface area contributed by atoms with E-state index in [-0.39, 0.29) is 5.91 Å². The number of amides is 1. The molecule has 0 aliphatic carbocycles. The third-order valence-electron chi connectivity index (χ3n) is 3.50. The number of carbonyl (C=O) groups is 1. The van der Waals surface area contributed by atoms with Crippen molar-refractivity contribution in [2.24, 2.45) is 0 Å². The van der Waals surface area contributed by atoms with Crippen LogP contribution >= 0.6 is 46.6 Å². The lowest BCUT2D eigenvalue weighted by atomic mass is 10.2. The summed E-state index contributed by atoms with van der Waals surface area (Å²) in [6.07, 6.45) is 1.81. The highest BCUT2D eigenvalue weighted by Gasteiger charge is 2.22. The number of thioether (sulfide) groups is 1. The average molecular weight is 497 g/mol. The molecule has 0 spiro atoms. The topological polar surface area (TPSA) is 47.6 Å². The van der Waals surface area contributed by atoms with Crippen LogP contribution in [0, 0.1) is 3.57 Å². The van der Waals surface area contributed by atoms with E-state index in [1.54, 1.807) is 0 Å². The molecule has 134 valence electrons. The van der Waals surface area contributed by atoms with E-state index in [2.05, 4.69) is 27.9 Å². The van der Waals surface area contributed by atoms with Gasteiger partial charge in [0.2, 0.25) is 0 Å². The maximum Gasteiger partial charge on any atom is 0.263 e. The molecule has 0 saturated carbocycles. The van der Waals surface area contributed by atoms with Crippen LogP contribution in [0.15, 0.2) is 47.4 Å². The maximum atomic E-state index is 11.9. The molecule has 1 N–H and O–H groups in total. The molecule has 2 aromatic carbocycles. The van der Waals surface area contributed by atoms with Gasteiger partial charge in [-0.25, -0.2) is 0 Å². The van der Waals surface area contributed by atoms with Crippen molar-refractivity contribution in [3.05, 3.63) is 62.1 Å². The zero-order chi connectivity index (χ0) is 18.5. The van der Waals surface area contributed by atoms with Crippen LogP contribution in [0.25, 0.3) is 6.08 Å². The Morgan fingerprint density at radius 1 is 1.23 bits per heavy atom. The Morgan fingerprint density at radius 3 is 2.65 bits per heavy atom. The minimum Gasteiger partial charge on any atom is -0.490 e. The van der Waals surface area contributed by atoms with Gasteiger partial charge in [-0.1, -0.05) is 54.3 Å². The van der Waals surface area contributed by atoms with Crippen molar-refractivity contribution in [1.29, 1.82) is 0 Å². The Labute approximate surface area is 175 Å². The van der Waals surface area contributed by atoms with E-state index >= 15 is 0 Å². The molecule has 0 radical (unpaired) electrons. The van der Waals surface area contributed by atoms with E-state index in [1.165, 1.54) is 11.8 Å². The van der Waals surface area contributed by atoms with Gasteiger partial charge in [-0.2, -0.15) is 0 Å². The number of nitrogens with one attached hydrogen (secondary N) is 1. The van der Waals surface area contributed by atoms with E-state index in [9.17, 15) is 4.79 Å². The highest BCUT2D eigenvalue weighted by atomic mass is 127. The molecule has 0 bridgehead atoms. The minimum absolute atomic E-state index is 0.169. The van der Waals surface area contributed by atoms with Crippen LogP contribution in [-0.4, -0.2) is 16.8 Å². The molecule has 1 amide bonds. The summed E-state index contributed by atoms with van der Waals surface area (Å²) < 4.78 is 13.2. The van der Waals surface area contributed by atoms with Gasteiger partial charge in [-0.15, -0.1) is 0 Å². The number of hydrogen-bond acceptors (Lipinski definition) is 5. The summed E-state index contributed by atoms with van der Waals surface area (Å²) in [4.78, 5) is 12.4.